The van der Waals surface area contributed by atoms with Crippen LogP contribution in [0.4, 0.5) is 5.69 Å². The summed E-state index contributed by atoms with van der Waals surface area (Å²) in [6, 6.07) is 16.1. The van der Waals surface area contributed by atoms with Crippen LogP contribution in [0.25, 0.3) is 0 Å². The normalized spacial score (nSPS) is 16.8. The van der Waals surface area contributed by atoms with Gasteiger partial charge < -0.3 is 14.5 Å². The van der Waals surface area contributed by atoms with Crippen molar-refractivity contribution in [3.63, 3.8) is 0 Å². The Balaban J connectivity index is 1.71. The zero-order valence-electron chi connectivity index (χ0n) is 14.5. The zero-order chi connectivity index (χ0) is 17.8. The van der Waals surface area contributed by atoms with Crippen molar-refractivity contribution in [1.29, 1.82) is 0 Å². The minimum atomic E-state index is -0.431. The second-order valence-corrected chi connectivity index (χ2v) is 6.00. The fourth-order valence-corrected chi connectivity index (χ4v) is 3.09. The molecule has 5 nitrogen and oxygen atoms in total. The molecule has 0 unspecified atom stereocenters. The van der Waals surface area contributed by atoms with E-state index in [0.29, 0.717) is 25.1 Å². The molecule has 3 rings (SSSR count). The molecule has 25 heavy (non-hydrogen) atoms. The molecule has 0 bridgehead atoms. The van der Waals surface area contributed by atoms with Gasteiger partial charge in [-0.2, -0.15) is 0 Å². The molecule has 0 aromatic heterocycles. The van der Waals surface area contributed by atoms with E-state index in [4.69, 9.17) is 4.74 Å². The van der Waals surface area contributed by atoms with Crippen LogP contribution in [0, 0.1) is 0 Å². The lowest BCUT2D eigenvalue weighted by atomic mass is 10.1. The molecule has 1 aliphatic heterocycles. The summed E-state index contributed by atoms with van der Waals surface area (Å²) in [6.45, 7) is 3.12. The molecular formula is C20H22N2O3. The van der Waals surface area contributed by atoms with Gasteiger partial charge in [-0.15, -0.1) is 0 Å². The first-order valence-corrected chi connectivity index (χ1v) is 8.48. The average molecular weight is 338 g/mol. The van der Waals surface area contributed by atoms with E-state index in [9.17, 15) is 9.59 Å². The Morgan fingerprint density at radius 3 is 2.48 bits per heavy atom. The van der Waals surface area contributed by atoms with E-state index >= 15 is 0 Å². The SMILES string of the molecule is CCOc1ccc(C(=O)N(C)[C@H]2CCN(c3ccccc3)C2=O)cc1. The van der Waals surface area contributed by atoms with Gasteiger partial charge >= 0.3 is 0 Å². The molecule has 0 saturated carbocycles. The Morgan fingerprint density at radius 1 is 1.16 bits per heavy atom. The van der Waals surface area contributed by atoms with Crippen LogP contribution in [-0.4, -0.2) is 43.0 Å². The number of para-hydroxylation sites is 1. The first kappa shape index (κ1) is 17.0. The summed E-state index contributed by atoms with van der Waals surface area (Å²) in [5.74, 6) is 0.540. The number of ether oxygens (including phenoxy) is 1. The summed E-state index contributed by atoms with van der Waals surface area (Å²) in [5.41, 5.74) is 1.42. The molecule has 2 aromatic rings. The second-order valence-electron chi connectivity index (χ2n) is 6.00. The average Bonchev–Trinajstić information content (AvgIpc) is 3.03. The summed E-state index contributed by atoms with van der Waals surface area (Å²) < 4.78 is 5.40. The van der Waals surface area contributed by atoms with Gasteiger partial charge in [-0.25, -0.2) is 0 Å². The maximum Gasteiger partial charge on any atom is 0.254 e. The van der Waals surface area contributed by atoms with Gasteiger partial charge in [0.1, 0.15) is 11.8 Å². The predicted molar refractivity (Wildman–Crippen MR) is 96.9 cm³/mol. The number of anilines is 1. The van der Waals surface area contributed by atoms with Crippen molar-refractivity contribution in [3.8, 4) is 5.75 Å². The van der Waals surface area contributed by atoms with E-state index in [2.05, 4.69) is 0 Å². The summed E-state index contributed by atoms with van der Waals surface area (Å²) >= 11 is 0. The largest absolute Gasteiger partial charge is 0.494 e. The second kappa shape index (κ2) is 7.38. The highest BCUT2D eigenvalue weighted by Gasteiger charge is 2.37. The predicted octanol–water partition coefficient (Wildman–Crippen LogP) is 2.96. The van der Waals surface area contributed by atoms with Crippen molar-refractivity contribution in [3.05, 3.63) is 60.2 Å². The number of nitrogens with zero attached hydrogens (tertiary/aromatic N) is 2. The Hall–Kier alpha value is -2.82. The first-order valence-electron chi connectivity index (χ1n) is 8.48. The van der Waals surface area contributed by atoms with Crippen molar-refractivity contribution in [2.45, 2.75) is 19.4 Å². The molecule has 1 saturated heterocycles. The van der Waals surface area contributed by atoms with Crippen LogP contribution in [-0.2, 0) is 4.79 Å². The number of benzene rings is 2. The highest BCUT2D eigenvalue weighted by atomic mass is 16.5. The monoisotopic (exact) mass is 338 g/mol. The molecule has 1 atom stereocenters. The molecule has 1 heterocycles. The fourth-order valence-electron chi connectivity index (χ4n) is 3.09. The topological polar surface area (TPSA) is 49.9 Å². The Labute approximate surface area is 147 Å². The molecule has 0 radical (unpaired) electrons. The molecule has 1 aliphatic rings. The lowest BCUT2D eigenvalue weighted by molar-refractivity contribution is -0.120. The number of likely N-dealkylation sites (N-methyl/N-ethyl adjacent to an activating group) is 1. The lowest BCUT2D eigenvalue weighted by Gasteiger charge is -2.24. The minimum absolute atomic E-state index is 0.0343. The molecule has 0 spiro atoms. The van der Waals surface area contributed by atoms with Gasteiger partial charge in [0.05, 0.1) is 6.61 Å². The Morgan fingerprint density at radius 2 is 1.84 bits per heavy atom. The van der Waals surface area contributed by atoms with Gasteiger partial charge in [0, 0.05) is 24.8 Å². The van der Waals surface area contributed by atoms with Gasteiger partial charge in [0.25, 0.3) is 5.91 Å². The van der Waals surface area contributed by atoms with Crippen molar-refractivity contribution < 1.29 is 14.3 Å². The van der Waals surface area contributed by atoms with Crippen LogP contribution in [0.3, 0.4) is 0 Å². The third-order valence-electron chi connectivity index (χ3n) is 4.45. The van der Waals surface area contributed by atoms with E-state index in [1.54, 1.807) is 41.1 Å². The van der Waals surface area contributed by atoms with Crippen LogP contribution in [0.1, 0.15) is 23.7 Å². The standard InChI is InChI=1S/C20H22N2O3/c1-3-25-17-11-9-15(10-12-17)19(23)21(2)18-13-14-22(20(18)24)16-7-5-4-6-8-16/h4-12,18H,3,13-14H2,1-2H3/t18-/m0/s1. The van der Waals surface area contributed by atoms with Gasteiger partial charge in [0.15, 0.2) is 0 Å². The quantitative estimate of drug-likeness (QED) is 0.842. The van der Waals surface area contributed by atoms with Gasteiger partial charge in [-0.1, -0.05) is 18.2 Å². The Kier molecular flexibility index (Phi) is 5.03. The van der Waals surface area contributed by atoms with Gasteiger partial charge in [-0.05, 0) is 49.7 Å². The maximum absolute atomic E-state index is 12.7. The molecular weight excluding hydrogens is 316 g/mol. The zero-order valence-corrected chi connectivity index (χ0v) is 14.5. The van der Waals surface area contributed by atoms with Crippen LogP contribution in [0.2, 0.25) is 0 Å². The van der Waals surface area contributed by atoms with E-state index in [0.717, 1.165) is 11.4 Å². The maximum atomic E-state index is 12.7. The summed E-state index contributed by atoms with van der Waals surface area (Å²) in [4.78, 5) is 28.7. The number of rotatable bonds is 5. The number of hydrogen-bond donors (Lipinski definition) is 0. The summed E-state index contributed by atoms with van der Waals surface area (Å²) in [7, 11) is 1.69. The van der Waals surface area contributed by atoms with Gasteiger partial charge in [0.2, 0.25) is 5.91 Å². The number of amides is 2. The van der Waals surface area contributed by atoms with E-state index in [1.165, 1.54) is 0 Å². The van der Waals surface area contributed by atoms with Crippen LogP contribution < -0.4 is 9.64 Å². The highest BCUT2D eigenvalue weighted by molar-refractivity contribution is 6.03. The van der Waals surface area contributed by atoms with Crippen LogP contribution in [0.15, 0.2) is 54.6 Å². The lowest BCUT2D eigenvalue weighted by Crippen LogP contribution is -2.43. The summed E-state index contributed by atoms with van der Waals surface area (Å²) in [6.07, 6.45) is 0.632. The number of carbonyl (C=O) groups excluding carboxylic acids is 2. The molecule has 0 aliphatic carbocycles. The van der Waals surface area contributed by atoms with Crippen LogP contribution in [0.5, 0.6) is 5.75 Å². The van der Waals surface area contributed by atoms with Crippen molar-refractivity contribution in [1.82, 2.24) is 4.90 Å². The molecule has 5 heteroatoms. The molecule has 0 N–H and O–H groups in total. The van der Waals surface area contributed by atoms with E-state index in [1.807, 2.05) is 37.3 Å². The number of hydrogen-bond acceptors (Lipinski definition) is 3. The smallest absolute Gasteiger partial charge is 0.254 e. The highest BCUT2D eigenvalue weighted by Crippen LogP contribution is 2.24. The molecule has 130 valence electrons. The number of carbonyl (C=O) groups is 2. The fraction of sp³-hybridized carbons (Fsp3) is 0.300. The Bertz CT molecular complexity index is 743. The third kappa shape index (κ3) is 3.50. The van der Waals surface area contributed by atoms with Crippen LogP contribution >= 0.6 is 0 Å². The third-order valence-corrected chi connectivity index (χ3v) is 4.45. The molecule has 2 amide bonds. The first-order chi connectivity index (χ1) is 12.1. The van der Waals surface area contributed by atoms with Crippen molar-refractivity contribution in [2.24, 2.45) is 0 Å². The summed E-state index contributed by atoms with van der Waals surface area (Å²) in [5, 5.41) is 0. The van der Waals surface area contributed by atoms with Crippen molar-refractivity contribution >= 4 is 17.5 Å². The molecule has 2 aromatic carbocycles. The molecule has 1 fully saturated rings. The van der Waals surface area contributed by atoms with E-state index in [-0.39, 0.29) is 11.8 Å². The van der Waals surface area contributed by atoms with Gasteiger partial charge in [-0.3, -0.25) is 9.59 Å². The van der Waals surface area contributed by atoms with E-state index < -0.39 is 6.04 Å². The van der Waals surface area contributed by atoms with Crippen molar-refractivity contribution in [2.75, 3.05) is 25.1 Å². The minimum Gasteiger partial charge on any atom is -0.494 e.